The molecular weight excluding hydrogens is 250 g/mol. The van der Waals surface area contributed by atoms with E-state index < -0.39 is 17.6 Å². The summed E-state index contributed by atoms with van der Waals surface area (Å²) in [5, 5.41) is 3.09. The van der Waals surface area contributed by atoms with Gasteiger partial charge in [-0.25, -0.2) is 4.39 Å². The van der Waals surface area contributed by atoms with Crippen molar-refractivity contribution in [1.29, 1.82) is 0 Å². The van der Waals surface area contributed by atoms with Gasteiger partial charge in [0.05, 0.1) is 18.3 Å². The van der Waals surface area contributed by atoms with Gasteiger partial charge in [0.1, 0.15) is 5.82 Å². The first-order valence-corrected chi connectivity index (χ1v) is 5.65. The molecule has 2 rings (SSSR count). The van der Waals surface area contributed by atoms with Crippen LogP contribution >= 0.6 is 0 Å². The number of hydrogen-bond acceptors (Lipinski definition) is 2. The molecule has 1 saturated heterocycles. The Morgan fingerprint density at radius 1 is 1.33 bits per heavy atom. The van der Waals surface area contributed by atoms with E-state index in [1.54, 1.807) is 0 Å². The van der Waals surface area contributed by atoms with Crippen molar-refractivity contribution in [2.75, 3.05) is 19.7 Å². The highest BCUT2D eigenvalue weighted by atomic mass is 19.4. The summed E-state index contributed by atoms with van der Waals surface area (Å²) in [5.74, 6) is -1.24. The van der Waals surface area contributed by atoms with Gasteiger partial charge >= 0.3 is 6.18 Å². The molecule has 100 valence electrons. The summed E-state index contributed by atoms with van der Waals surface area (Å²) in [6.07, 6.45) is -4.48. The van der Waals surface area contributed by atoms with Crippen LogP contribution in [0.2, 0.25) is 0 Å². The number of rotatable bonds is 2. The lowest BCUT2D eigenvalue weighted by molar-refractivity contribution is -0.140. The molecule has 0 spiro atoms. The Bertz CT molecular complexity index is 413. The van der Waals surface area contributed by atoms with Crippen molar-refractivity contribution in [2.24, 2.45) is 0 Å². The van der Waals surface area contributed by atoms with Crippen LogP contribution in [0.3, 0.4) is 0 Å². The highest BCUT2D eigenvalue weighted by Crippen LogP contribution is 2.32. The smallest absolute Gasteiger partial charge is 0.375 e. The van der Waals surface area contributed by atoms with E-state index in [9.17, 15) is 17.6 Å². The molecule has 18 heavy (non-hydrogen) atoms. The fraction of sp³-hybridized carbons (Fsp3) is 0.500. The molecule has 0 aliphatic carbocycles. The van der Waals surface area contributed by atoms with Crippen molar-refractivity contribution in [3.8, 4) is 0 Å². The molecule has 0 saturated carbocycles. The van der Waals surface area contributed by atoms with Gasteiger partial charge in [-0.2, -0.15) is 13.2 Å². The number of hydrogen-bond donors (Lipinski definition) is 1. The second kappa shape index (κ2) is 5.24. The minimum Gasteiger partial charge on any atom is -0.375 e. The first-order chi connectivity index (χ1) is 8.47. The van der Waals surface area contributed by atoms with Crippen LogP contribution < -0.4 is 5.32 Å². The average molecular weight is 263 g/mol. The number of morpholine rings is 1. The second-order valence-electron chi connectivity index (χ2n) is 4.21. The van der Waals surface area contributed by atoms with Crippen LogP contribution in [0.5, 0.6) is 0 Å². The first kappa shape index (κ1) is 13.3. The third kappa shape index (κ3) is 3.20. The predicted molar refractivity (Wildman–Crippen MR) is 57.7 cm³/mol. The fourth-order valence-corrected chi connectivity index (χ4v) is 1.93. The Balaban J connectivity index is 2.14. The van der Waals surface area contributed by atoms with Crippen LogP contribution in [0.4, 0.5) is 17.6 Å². The maximum absolute atomic E-state index is 13.1. The maximum atomic E-state index is 13.1. The molecule has 1 unspecified atom stereocenters. The molecule has 1 fully saturated rings. The minimum atomic E-state index is -4.66. The van der Waals surface area contributed by atoms with Gasteiger partial charge in [0.15, 0.2) is 0 Å². The Morgan fingerprint density at radius 2 is 2.11 bits per heavy atom. The number of alkyl halides is 3. The van der Waals surface area contributed by atoms with Gasteiger partial charge < -0.3 is 10.1 Å². The Morgan fingerprint density at radius 3 is 2.72 bits per heavy atom. The van der Waals surface area contributed by atoms with E-state index in [2.05, 4.69) is 5.32 Å². The molecule has 0 amide bonds. The number of benzene rings is 1. The van der Waals surface area contributed by atoms with E-state index in [0.29, 0.717) is 25.1 Å². The van der Waals surface area contributed by atoms with Crippen LogP contribution in [-0.2, 0) is 17.3 Å². The summed E-state index contributed by atoms with van der Waals surface area (Å²) < 4.78 is 56.1. The van der Waals surface area contributed by atoms with E-state index in [0.717, 1.165) is 18.7 Å². The molecule has 1 aliphatic heterocycles. The lowest BCUT2D eigenvalue weighted by Crippen LogP contribution is -2.39. The predicted octanol–water partition coefficient (Wildman–Crippen LogP) is 2.38. The average Bonchev–Trinajstić information content (AvgIpc) is 2.31. The zero-order valence-corrected chi connectivity index (χ0v) is 9.56. The molecule has 0 radical (unpaired) electrons. The molecule has 1 heterocycles. The number of ether oxygens (including phenoxy) is 1. The number of halogens is 4. The van der Waals surface area contributed by atoms with E-state index in [1.807, 2.05) is 0 Å². The standard InChI is InChI=1S/C12H13F4NO/c13-11-2-1-8(6-10(11)12(14,15)16)5-9-7-17-3-4-18-9/h1-2,6,9,17H,3-5,7H2. The number of nitrogens with one attached hydrogen (secondary N) is 1. The Labute approximate surface area is 102 Å². The molecule has 1 N–H and O–H groups in total. The van der Waals surface area contributed by atoms with Crippen LogP contribution in [-0.4, -0.2) is 25.8 Å². The van der Waals surface area contributed by atoms with Gasteiger partial charge in [0, 0.05) is 13.1 Å². The third-order valence-electron chi connectivity index (χ3n) is 2.80. The van der Waals surface area contributed by atoms with E-state index in [-0.39, 0.29) is 6.10 Å². The fourth-order valence-electron chi connectivity index (χ4n) is 1.93. The SMILES string of the molecule is Fc1ccc(CC2CNCCO2)cc1C(F)(F)F. The highest BCUT2D eigenvalue weighted by Gasteiger charge is 2.34. The van der Waals surface area contributed by atoms with Gasteiger partial charge in [-0.15, -0.1) is 0 Å². The van der Waals surface area contributed by atoms with Crippen molar-refractivity contribution in [1.82, 2.24) is 5.32 Å². The van der Waals surface area contributed by atoms with E-state index in [1.165, 1.54) is 6.07 Å². The Kier molecular flexibility index (Phi) is 3.87. The molecule has 1 aromatic carbocycles. The quantitative estimate of drug-likeness (QED) is 0.827. The van der Waals surface area contributed by atoms with Crippen LogP contribution in [0.25, 0.3) is 0 Å². The van der Waals surface area contributed by atoms with E-state index in [4.69, 9.17) is 4.74 Å². The summed E-state index contributed by atoms with van der Waals surface area (Å²) >= 11 is 0. The summed E-state index contributed by atoms with van der Waals surface area (Å²) in [7, 11) is 0. The molecule has 0 aromatic heterocycles. The van der Waals surface area contributed by atoms with E-state index >= 15 is 0 Å². The van der Waals surface area contributed by atoms with Crippen molar-refractivity contribution in [3.05, 3.63) is 35.1 Å². The first-order valence-electron chi connectivity index (χ1n) is 5.65. The van der Waals surface area contributed by atoms with Crippen LogP contribution in [0, 0.1) is 5.82 Å². The van der Waals surface area contributed by atoms with Crippen molar-refractivity contribution in [2.45, 2.75) is 18.7 Å². The van der Waals surface area contributed by atoms with Crippen molar-refractivity contribution >= 4 is 0 Å². The lowest BCUT2D eigenvalue weighted by atomic mass is 10.0. The Hall–Kier alpha value is -1.14. The zero-order chi connectivity index (χ0) is 13.2. The van der Waals surface area contributed by atoms with Gasteiger partial charge in [-0.1, -0.05) is 6.07 Å². The highest BCUT2D eigenvalue weighted by molar-refractivity contribution is 5.27. The molecule has 0 bridgehead atoms. The summed E-state index contributed by atoms with van der Waals surface area (Å²) in [6, 6.07) is 3.07. The molecule has 2 nitrogen and oxygen atoms in total. The van der Waals surface area contributed by atoms with Gasteiger partial charge in [0.25, 0.3) is 0 Å². The second-order valence-corrected chi connectivity index (χ2v) is 4.21. The molecule has 1 atom stereocenters. The molecule has 1 aromatic rings. The van der Waals surface area contributed by atoms with Gasteiger partial charge in [-0.3, -0.25) is 0 Å². The largest absolute Gasteiger partial charge is 0.419 e. The lowest BCUT2D eigenvalue weighted by Gasteiger charge is -2.23. The summed E-state index contributed by atoms with van der Waals surface area (Å²) in [4.78, 5) is 0. The molecule has 1 aliphatic rings. The van der Waals surface area contributed by atoms with Crippen LogP contribution in [0.15, 0.2) is 18.2 Å². The minimum absolute atomic E-state index is 0.162. The topological polar surface area (TPSA) is 21.3 Å². The normalized spacial score (nSPS) is 21.0. The third-order valence-corrected chi connectivity index (χ3v) is 2.80. The monoisotopic (exact) mass is 263 g/mol. The zero-order valence-electron chi connectivity index (χ0n) is 9.56. The van der Waals surface area contributed by atoms with Crippen molar-refractivity contribution < 1.29 is 22.3 Å². The van der Waals surface area contributed by atoms with Gasteiger partial charge in [-0.05, 0) is 24.1 Å². The maximum Gasteiger partial charge on any atom is 0.419 e. The summed E-state index contributed by atoms with van der Waals surface area (Å²) in [6.45, 7) is 1.88. The molecular formula is C12H13F4NO. The van der Waals surface area contributed by atoms with Crippen molar-refractivity contribution in [3.63, 3.8) is 0 Å². The van der Waals surface area contributed by atoms with Crippen LogP contribution in [0.1, 0.15) is 11.1 Å². The van der Waals surface area contributed by atoms with Gasteiger partial charge in [0.2, 0.25) is 0 Å². The summed E-state index contributed by atoms with van der Waals surface area (Å²) in [5.41, 5.74) is -0.791. The molecule has 6 heteroatoms.